The summed E-state index contributed by atoms with van der Waals surface area (Å²) in [4.78, 5) is 0. The highest BCUT2D eigenvalue weighted by molar-refractivity contribution is 6.30. The minimum absolute atomic E-state index is 0.153. The van der Waals surface area contributed by atoms with Gasteiger partial charge in [0.05, 0.1) is 13.2 Å². The van der Waals surface area contributed by atoms with Crippen LogP contribution in [0, 0.1) is 0 Å². The molecule has 0 aliphatic rings. The summed E-state index contributed by atoms with van der Waals surface area (Å²) >= 11 is 5.89. The van der Waals surface area contributed by atoms with Crippen molar-refractivity contribution >= 4 is 11.6 Å². The Kier molecular flexibility index (Phi) is 7.50. The van der Waals surface area contributed by atoms with Gasteiger partial charge in [0.25, 0.3) is 0 Å². The molecule has 0 spiro atoms. The summed E-state index contributed by atoms with van der Waals surface area (Å²) in [6.07, 6.45) is -1.42. The molecule has 2 unspecified atom stereocenters. The number of alkyl halides is 1. The van der Waals surface area contributed by atoms with E-state index >= 15 is 0 Å². The van der Waals surface area contributed by atoms with Gasteiger partial charge in [0.1, 0.15) is 17.2 Å². The summed E-state index contributed by atoms with van der Waals surface area (Å²) in [5.41, 5.74) is 1.69. The lowest BCUT2D eigenvalue weighted by atomic mass is 10.0. The maximum atomic E-state index is 14.6. The van der Waals surface area contributed by atoms with Crippen LogP contribution in [0.3, 0.4) is 0 Å². The zero-order valence-electron chi connectivity index (χ0n) is 16.5. The first kappa shape index (κ1) is 21.2. The molecule has 2 atom stereocenters. The Hall–Kier alpha value is -2.56. The van der Waals surface area contributed by atoms with E-state index in [1.54, 1.807) is 31.2 Å². The first-order chi connectivity index (χ1) is 14.0. The number of hydrogen-bond acceptors (Lipinski definition) is 3. The van der Waals surface area contributed by atoms with E-state index in [4.69, 9.17) is 25.8 Å². The zero-order chi connectivity index (χ0) is 20.6. The second-order valence-corrected chi connectivity index (χ2v) is 7.09. The van der Waals surface area contributed by atoms with Crippen molar-refractivity contribution in [2.24, 2.45) is 0 Å². The fourth-order valence-corrected chi connectivity index (χ4v) is 2.97. The Balaban J connectivity index is 1.56. The molecule has 5 heteroatoms. The summed E-state index contributed by atoms with van der Waals surface area (Å²) in [5, 5.41) is 0.648. The fourth-order valence-electron chi connectivity index (χ4n) is 2.84. The maximum Gasteiger partial charge on any atom is 0.205 e. The number of hydrogen-bond donors (Lipinski definition) is 0. The van der Waals surface area contributed by atoms with Crippen LogP contribution in [0.1, 0.15) is 30.9 Å². The summed E-state index contributed by atoms with van der Waals surface area (Å²) < 4.78 is 31.3. The molecule has 0 saturated carbocycles. The smallest absolute Gasteiger partial charge is 0.205 e. The predicted octanol–water partition coefficient (Wildman–Crippen LogP) is 7.15. The van der Waals surface area contributed by atoms with Gasteiger partial charge >= 0.3 is 0 Å². The lowest BCUT2D eigenvalue weighted by Crippen LogP contribution is -2.15. The van der Waals surface area contributed by atoms with Crippen molar-refractivity contribution in [1.29, 1.82) is 0 Å². The number of halogens is 2. The normalized spacial score (nSPS) is 13.0. The Morgan fingerprint density at radius 2 is 1.59 bits per heavy atom. The van der Waals surface area contributed by atoms with Crippen molar-refractivity contribution in [3.05, 3.63) is 88.9 Å². The molecule has 0 aliphatic heterocycles. The quantitative estimate of drug-likeness (QED) is 0.372. The van der Waals surface area contributed by atoms with E-state index in [1.165, 1.54) is 0 Å². The second kappa shape index (κ2) is 10.3. The maximum absolute atomic E-state index is 14.6. The van der Waals surface area contributed by atoms with Gasteiger partial charge in [0, 0.05) is 10.9 Å². The van der Waals surface area contributed by atoms with Gasteiger partial charge in [-0.3, -0.25) is 0 Å². The Morgan fingerprint density at radius 1 is 0.897 bits per heavy atom. The van der Waals surface area contributed by atoms with Crippen molar-refractivity contribution in [3.63, 3.8) is 0 Å². The molecule has 0 N–H and O–H groups in total. The molecule has 3 aromatic carbocycles. The van der Waals surface area contributed by atoms with Crippen LogP contribution in [-0.2, 0) is 11.3 Å². The fraction of sp³-hybridized carbons (Fsp3) is 0.250. The molecular formula is C24H24ClFO3. The van der Waals surface area contributed by atoms with Crippen LogP contribution in [0.25, 0.3) is 0 Å². The van der Waals surface area contributed by atoms with Crippen LogP contribution in [0.4, 0.5) is 4.39 Å². The SMILES string of the molecule is CCOc1ccc(C(C)C(F)OCc2cccc(Oc3ccc(Cl)cc3)c2)cc1. The zero-order valence-corrected chi connectivity index (χ0v) is 17.2. The third kappa shape index (κ3) is 6.21. The van der Waals surface area contributed by atoms with Gasteiger partial charge in [-0.25, -0.2) is 4.39 Å². The number of ether oxygens (including phenoxy) is 3. The van der Waals surface area contributed by atoms with Crippen LogP contribution in [0.2, 0.25) is 5.02 Å². The van der Waals surface area contributed by atoms with Crippen molar-refractivity contribution in [3.8, 4) is 17.2 Å². The van der Waals surface area contributed by atoms with Crippen LogP contribution in [0.5, 0.6) is 17.2 Å². The van der Waals surface area contributed by atoms with Crippen molar-refractivity contribution < 1.29 is 18.6 Å². The van der Waals surface area contributed by atoms with Crippen molar-refractivity contribution in [2.45, 2.75) is 32.7 Å². The van der Waals surface area contributed by atoms with Crippen LogP contribution < -0.4 is 9.47 Å². The van der Waals surface area contributed by atoms with E-state index in [2.05, 4.69) is 0 Å². The highest BCUT2D eigenvalue weighted by Crippen LogP contribution is 2.27. The average molecular weight is 415 g/mol. The molecule has 0 bridgehead atoms. The van der Waals surface area contributed by atoms with Crippen molar-refractivity contribution in [2.75, 3.05) is 6.61 Å². The largest absolute Gasteiger partial charge is 0.494 e. The summed E-state index contributed by atoms with van der Waals surface area (Å²) in [7, 11) is 0. The van der Waals surface area contributed by atoms with Crippen LogP contribution >= 0.6 is 11.6 Å². The second-order valence-electron chi connectivity index (χ2n) is 6.66. The van der Waals surface area contributed by atoms with Crippen LogP contribution in [0.15, 0.2) is 72.8 Å². The van der Waals surface area contributed by atoms with Gasteiger partial charge in [0.2, 0.25) is 6.36 Å². The lowest BCUT2D eigenvalue weighted by molar-refractivity contribution is -0.0629. The van der Waals surface area contributed by atoms with E-state index in [1.807, 2.05) is 55.5 Å². The highest BCUT2D eigenvalue weighted by Gasteiger charge is 2.19. The monoisotopic (exact) mass is 414 g/mol. The third-order valence-electron chi connectivity index (χ3n) is 4.47. The molecule has 0 saturated heterocycles. The molecule has 3 nitrogen and oxygen atoms in total. The first-order valence-electron chi connectivity index (χ1n) is 9.56. The molecule has 0 heterocycles. The number of rotatable bonds is 9. The highest BCUT2D eigenvalue weighted by atomic mass is 35.5. The Morgan fingerprint density at radius 3 is 2.28 bits per heavy atom. The minimum atomic E-state index is -1.42. The van der Waals surface area contributed by atoms with Gasteiger partial charge < -0.3 is 14.2 Å². The van der Waals surface area contributed by atoms with E-state index in [-0.39, 0.29) is 12.5 Å². The molecule has 0 aliphatic carbocycles. The van der Waals surface area contributed by atoms with Gasteiger partial charge in [-0.15, -0.1) is 0 Å². The summed E-state index contributed by atoms with van der Waals surface area (Å²) in [6, 6.07) is 22.0. The summed E-state index contributed by atoms with van der Waals surface area (Å²) in [5.74, 6) is 1.72. The van der Waals surface area contributed by atoms with Gasteiger partial charge in [-0.2, -0.15) is 0 Å². The molecular weight excluding hydrogens is 391 g/mol. The Bertz CT molecular complexity index is 897. The molecule has 0 radical (unpaired) electrons. The minimum Gasteiger partial charge on any atom is -0.494 e. The topological polar surface area (TPSA) is 27.7 Å². The van der Waals surface area contributed by atoms with E-state index in [0.717, 1.165) is 16.9 Å². The first-order valence-corrected chi connectivity index (χ1v) is 9.93. The van der Waals surface area contributed by atoms with Gasteiger partial charge in [-0.05, 0) is 66.6 Å². The predicted molar refractivity (Wildman–Crippen MR) is 114 cm³/mol. The standard InChI is InChI=1S/C24H24ClFO3/c1-3-27-21-11-7-19(8-12-21)17(2)24(26)28-16-18-5-4-6-23(15-18)29-22-13-9-20(25)10-14-22/h4-15,17,24H,3,16H2,1-2H3. The molecule has 29 heavy (non-hydrogen) atoms. The molecule has 3 aromatic rings. The molecule has 0 aromatic heterocycles. The molecule has 3 rings (SSSR count). The van der Waals surface area contributed by atoms with E-state index in [0.29, 0.717) is 23.1 Å². The van der Waals surface area contributed by atoms with Gasteiger partial charge in [0.15, 0.2) is 0 Å². The third-order valence-corrected chi connectivity index (χ3v) is 4.72. The van der Waals surface area contributed by atoms with Crippen molar-refractivity contribution in [1.82, 2.24) is 0 Å². The summed E-state index contributed by atoms with van der Waals surface area (Å²) in [6.45, 7) is 4.49. The van der Waals surface area contributed by atoms with E-state index in [9.17, 15) is 4.39 Å². The van der Waals surface area contributed by atoms with Crippen LogP contribution in [-0.4, -0.2) is 13.0 Å². The Labute approximate surface area is 176 Å². The van der Waals surface area contributed by atoms with Gasteiger partial charge in [-0.1, -0.05) is 42.8 Å². The molecule has 152 valence electrons. The average Bonchev–Trinajstić information content (AvgIpc) is 2.74. The number of benzene rings is 3. The molecule has 0 fully saturated rings. The molecule has 0 amide bonds. The van der Waals surface area contributed by atoms with E-state index < -0.39 is 6.36 Å². The lowest BCUT2D eigenvalue weighted by Gasteiger charge is -2.18.